The van der Waals surface area contributed by atoms with Crippen LogP contribution in [0.4, 0.5) is 15.8 Å². The Hall–Kier alpha value is -3.09. The average molecular weight is 374 g/mol. The fourth-order valence-corrected chi connectivity index (χ4v) is 2.69. The summed E-state index contributed by atoms with van der Waals surface area (Å²) in [7, 11) is 0. The Morgan fingerprint density at radius 3 is 2.30 bits per heavy atom. The highest BCUT2D eigenvalue weighted by atomic mass is 19.1. The number of halogens is 1. The van der Waals surface area contributed by atoms with Crippen LogP contribution < -0.4 is 15.4 Å². The number of carbonyl (C=O) groups is 2. The summed E-state index contributed by atoms with van der Waals surface area (Å²) in [4.78, 5) is 23.3. The molecule has 0 saturated heterocycles. The number of aryl methyl sites for hydroxylation is 2. The van der Waals surface area contributed by atoms with Crippen LogP contribution in [0.2, 0.25) is 0 Å². The lowest BCUT2D eigenvalue weighted by atomic mass is 10.0. The van der Waals surface area contributed by atoms with E-state index in [4.69, 9.17) is 9.84 Å². The molecule has 27 heavy (non-hydrogen) atoms. The monoisotopic (exact) mass is 374 g/mol. The van der Waals surface area contributed by atoms with Gasteiger partial charge in [-0.3, -0.25) is 4.79 Å². The third kappa shape index (κ3) is 5.44. The van der Waals surface area contributed by atoms with E-state index in [0.717, 1.165) is 0 Å². The molecule has 0 aliphatic heterocycles. The largest absolute Gasteiger partial charge is 0.481 e. The molecule has 0 aliphatic carbocycles. The SMILES string of the molecule is Cc1cc(C(=O)Nc2cc(F)ccc2NC(C)C)cc(C)c1OCC(=O)O. The molecule has 0 fully saturated rings. The van der Waals surface area contributed by atoms with Gasteiger partial charge in [0.25, 0.3) is 5.91 Å². The highest BCUT2D eigenvalue weighted by Gasteiger charge is 2.15. The summed E-state index contributed by atoms with van der Waals surface area (Å²) in [6.45, 7) is 6.89. The first-order valence-electron chi connectivity index (χ1n) is 8.50. The van der Waals surface area contributed by atoms with Gasteiger partial charge in [-0.05, 0) is 69.2 Å². The Morgan fingerprint density at radius 2 is 1.74 bits per heavy atom. The van der Waals surface area contributed by atoms with Gasteiger partial charge in [0.1, 0.15) is 11.6 Å². The third-order valence-electron chi connectivity index (χ3n) is 3.74. The molecule has 7 heteroatoms. The average Bonchev–Trinajstić information content (AvgIpc) is 2.55. The molecule has 2 aromatic rings. The van der Waals surface area contributed by atoms with Crippen LogP contribution in [-0.2, 0) is 4.79 Å². The molecule has 0 heterocycles. The van der Waals surface area contributed by atoms with E-state index in [0.29, 0.717) is 33.8 Å². The molecule has 0 aromatic heterocycles. The summed E-state index contributed by atoms with van der Waals surface area (Å²) in [5.41, 5.74) is 2.61. The summed E-state index contributed by atoms with van der Waals surface area (Å²) in [6.07, 6.45) is 0. The number of nitrogens with one attached hydrogen (secondary N) is 2. The number of anilines is 2. The fraction of sp³-hybridized carbons (Fsp3) is 0.300. The van der Waals surface area contributed by atoms with E-state index in [-0.39, 0.29) is 6.04 Å². The molecule has 0 bridgehead atoms. The number of ether oxygens (including phenoxy) is 1. The van der Waals surface area contributed by atoms with Crippen LogP contribution in [0.1, 0.15) is 35.3 Å². The first kappa shape index (κ1) is 20.2. The molecule has 144 valence electrons. The topological polar surface area (TPSA) is 87.7 Å². The van der Waals surface area contributed by atoms with Gasteiger partial charge in [0.2, 0.25) is 0 Å². The second kappa shape index (κ2) is 8.53. The normalized spacial score (nSPS) is 10.6. The molecule has 2 rings (SSSR count). The van der Waals surface area contributed by atoms with Crippen LogP contribution in [0, 0.1) is 19.7 Å². The first-order chi connectivity index (χ1) is 12.7. The van der Waals surface area contributed by atoms with E-state index >= 15 is 0 Å². The van der Waals surface area contributed by atoms with Crippen LogP contribution in [-0.4, -0.2) is 29.6 Å². The van der Waals surface area contributed by atoms with E-state index in [2.05, 4.69) is 10.6 Å². The number of aliphatic carboxylic acids is 1. The van der Waals surface area contributed by atoms with Gasteiger partial charge < -0.3 is 20.5 Å². The number of carboxylic acids is 1. The van der Waals surface area contributed by atoms with E-state index in [1.165, 1.54) is 12.1 Å². The summed E-state index contributed by atoms with van der Waals surface area (Å²) >= 11 is 0. The molecule has 1 amide bonds. The summed E-state index contributed by atoms with van der Waals surface area (Å²) in [6, 6.07) is 7.48. The van der Waals surface area contributed by atoms with Crippen LogP contribution in [0.3, 0.4) is 0 Å². The van der Waals surface area contributed by atoms with E-state index < -0.39 is 24.3 Å². The second-order valence-electron chi connectivity index (χ2n) is 6.56. The molecular weight excluding hydrogens is 351 g/mol. The molecule has 0 saturated carbocycles. The molecule has 6 nitrogen and oxygen atoms in total. The van der Waals surface area contributed by atoms with Crippen molar-refractivity contribution < 1.29 is 23.8 Å². The van der Waals surface area contributed by atoms with Gasteiger partial charge in [0.05, 0.1) is 11.4 Å². The number of amides is 1. The minimum atomic E-state index is -1.08. The summed E-state index contributed by atoms with van der Waals surface area (Å²) < 4.78 is 18.9. The van der Waals surface area contributed by atoms with E-state index in [1.54, 1.807) is 32.0 Å². The second-order valence-corrected chi connectivity index (χ2v) is 6.56. The molecular formula is C20H23FN2O4. The number of hydrogen-bond acceptors (Lipinski definition) is 4. The van der Waals surface area contributed by atoms with Crippen molar-refractivity contribution in [2.45, 2.75) is 33.7 Å². The molecule has 0 unspecified atom stereocenters. The van der Waals surface area contributed by atoms with E-state index in [1.807, 2.05) is 13.8 Å². The van der Waals surface area contributed by atoms with Crippen molar-refractivity contribution in [3.8, 4) is 5.75 Å². The first-order valence-corrected chi connectivity index (χ1v) is 8.50. The van der Waals surface area contributed by atoms with Crippen molar-refractivity contribution in [3.05, 3.63) is 52.8 Å². The quantitative estimate of drug-likeness (QED) is 0.682. The molecule has 3 N–H and O–H groups in total. The minimum absolute atomic E-state index is 0.112. The Bertz CT molecular complexity index is 842. The number of carbonyl (C=O) groups excluding carboxylic acids is 1. The smallest absolute Gasteiger partial charge is 0.341 e. The highest BCUT2D eigenvalue weighted by Crippen LogP contribution is 2.27. The molecule has 0 aliphatic rings. The predicted molar refractivity (Wildman–Crippen MR) is 102 cm³/mol. The van der Waals surface area contributed by atoms with Gasteiger partial charge in [-0.1, -0.05) is 0 Å². The van der Waals surface area contributed by atoms with Crippen molar-refractivity contribution in [2.24, 2.45) is 0 Å². The van der Waals surface area contributed by atoms with Crippen LogP contribution in [0.15, 0.2) is 30.3 Å². The zero-order valence-electron chi connectivity index (χ0n) is 15.7. The van der Waals surface area contributed by atoms with Crippen LogP contribution >= 0.6 is 0 Å². The molecule has 0 atom stereocenters. The molecule has 0 radical (unpaired) electrons. The lowest BCUT2D eigenvalue weighted by Gasteiger charge is -2.17. The maximum Gasteiger partial charge on any atom is 0.341 e. The zero-order chi connectivity index (χ0) is 20.1. The molecule has 0 spiro atoms. The third-order valence-corrected chi connectivity index (χ3v) is 3.74. The standard InChI is InChI=1S/C20H23FN2O4/c1-11(2)22-16-6-5-15(21)9-17(16)23-20(26)14-7-12(3)19(13(4)8-14)27-10-18(24)25/h5-9,11,22H,10H2,1-4H3,(H,23,26)(H,24,25). The summed E-state index contributed by atoms with van der Waals surface area (Å²) in [5.74, 6) is -1.50. The number of carboxylic acid groups (broad SMARTS) is 1. The van der Waals surface area contributed by atoms with Gasteiger partial charge in [0, 0.05) is 11.6 Å². The molecule has 2 aromatic carbocycles. The van der Waals surface area contributed by atoms with Gasteiger partial charge in [0.15, 0.2) is 6.61 Å². The lowest BCUT2D eigenvalue weighted by Crippen LogP contribution is -2.17. The van der Waals surface area contributed by atoms with Gasteiger partial charge in [-0.25, -0.2) is 9.18 Å². The Balaban J connectivity index is 2.26. The van der Waals surface area contributed by atoms with Crippen molar-refractivity contribution in [1.82, 2.24) is 0 Å². The van der Waals surface area contributed by atoms with Crippen molar-refractivity contribution in [3.63, 3.8) is 0 Å². The maximum atomic E-state index is 13.6. The Labute approximate surface area is 157 Å². The summed E-state index contributed by atoms with van der Waals surface area (Å²) in [5, 5.41) is 14.6. The van der Waals surface area contributed by atoms with Crippen LogP contribution in [0.25, 0.3) is 0 Å². The lowest BCUT2D eigenvalue weighted by molar-refractivity contribution is -0.139. The number of hydrogen-bond donors (Lipinski definition) is 3. The number of benzene rings is 2. The van der Waals surface area contributed by atoms with Crippen molar-refractivity contribution in [2.75, 3.05) is 17.2 Å². The van der Waals surface area contributed by atoms with Crippen molar-refractivity contribution in [1.29, 1.82) is 0 Å². The van der Waals surface area contributed by atoms with Crippen LogP contribution in [0.5, 0.6) is 5.75 Å². The Kier molecular flexibility index (Phi) is 6.39. The van der Waals surface area contributed by atoms with Gasteiger partial charge >= 0.3 is 5.97 Å². The van der Waals surface area contributed by atoms with Gasteiger partial charge in [-0.15, -0.1) is 0 Å². The maximum absolute atomic E-state index is 13.6. The predicted octanol–water partition coefficient (Wildman–Crippen LogP) is 3.98. The van der Waals surface area contributed by atoms with E-state index in [9.17, 15) is 14.0 Å². The highest BCUT2D eigenvalue weighted by molar-refractivity contribution is 6.06. The minimum Gasteiger partial charge on any atom is -0.481 e. The fourth-order valence-electron chi connectivity index (χ4n) is 2.69. The van der Waals surface area contributed by atoms with Gasteiger partial charge in [-0.2, -0.15) is 0 Å². The van der Waals surface area contributed by atoms with Crippen molar-refractivity contribution >= 4 is 23.3 Å². The Morgan fingerprint density at radius 1 is 1.11 bits per heavy atom. The zero-order valence-corrected chi connectivity index (χ0v) is 15.7. The number of rotatable bonds is 7.